The van der Waals surface area contributed by atoms with E-state index < -0.39 is 5.97 Å². The van der Waals surface area contributed by atoms with Crippen molar-refractivity contribution in [2.24, 2.45) is 4.99 Å². The summed E-state index contributed by atoms with van der Waals surface area (Å²) in [4.78, 5) is 24.8. The number of rotatable bonds is 3. The second-order valence-electron chi connectivity index (χ2n) is 2.44. The number of nitrogens with zero attached hydrogens (tertiary/aromatic N) is 1. The van der Waals surface area contributed by atoms with E-state index in [9.17, 15) is 9.59 Å². The molecule has 0 saturated heterocycles. The van der Waals surface area contributed by atoms with Crippen molar-refractivity contribution in [3.05, 3.63) is 29.8 Å². The van der Waals surface area contributed by atoms with Gasteiger partial charge in [0.25, 0.3) is 0 Å². The predicted molar refractivity (Wildman–Crippen MR) is 57.4 cm³/mol. The summed E-state index contributed by atoms with van der Waals surface area (Å²) in [5.41, 5.74) is 0.554. The molecule has 0 saturated carbocycles. The van der Waals surface area contributed by atoms with E-state index in [1.807, 2.05) is 0 Å². The van der Waals surface area contributed by atoms with Gasteiger partial charge in [-0.05, 0) is 19.1 Å². The zero-order valence-corrected chi connectivity index (χ0v) is 8.91. The molecule has 0 radical (unpaired) electrons. The van der Waals surface area contributed by atoms with Crippen LogP contribution in [0.5, 0.6) is 0 Å². The summed E-state index contributed by atoms with van der Waals surface area (Å²) in [7, 11) is 0. The number of benzene rings is 1. The van der Waals surface area contributed by atoms with Crippen LogP contribution in [0.3, 0.4) is 0 Å². The fourth-order valence-corrected chi connectivity index (χ4v) is 1.00. The molecule has 15 heavy (non-hydrogen) atoms. The molecule has 0 spiro atoms. The third kappa shape index (κ3) is 3.54. The van der Waals surface area contributed by atoms with Crippen LogP contribution in [0.1, 0.15) is 17.3 Å². The van der Waals surface area contributed by atoms with E-state index in [-0.39, 0.29) is 30.3 Å². The smallest absolute Gasteiger partial charge is 0.340 e. The minimum Gasteiger partial charge on any atom is -0.462 e. The van der Waals surface area contributed by atoms with Crippen molar-refractivity contribution in [3.8, 4) is 0 Å². The fourth-order valence-electron chi connectivity index (χ4n) is 1.00. The summed E-state index contributed by atoms with van der Waals surface area (Å²) < 4.78 is 4.79. The number of carbonyl (C=O) groups is 1. The molecule has 0 aliphatic carbocycles. The molecule has 4 nitrogen and oxygen atoms in total. The lowest BCUT2D eigenvalue weighted by Gasteiger charge is -2.02. The van der Waals surface area contributed by atoms with Gasteiger partial charge in [0.2, 0.25) is 6.08 Å². The van der Waals surface area contributed by atoms with Crippen molar-refractivity contribution in [3.63, 3.8) is 0 Å². The zero-order valence-electron chi connectivity index (χ0n) is 8.10. The average Bonchev–Trinajstić information content (AvgIpc) is 2.19. The SMILES string of the molecule is CCOC(=O)c1ccccc1N=C=O.Cl. The number of isocyanates is 1. The highest BCUT2D eigenvalue weighted by atomic mass is 35.5. The molecule has 1 aromatic rings. The Morgan fingerprint density at radius 1 is 1.47 bits per heavy atom. The Bertz CT molecular complexity index is 386. The van der Waals surface area contributed by atoms with Gasteiger partial charge in [0.05, 0.1) is 17.9 Å². The number of aliphatic imine (C=N–C) groups is 1. The Morgan fingerprint density at radius 3 is 2.73 bits per heavy atom. The van der Waals surface area contributed by atoms with Crippen LogP contribution in [0, 0.1) is 0 Å². The molecular weight excluding hydrogens is 218 g/mol. The normalized spacial score (nSPS) is 8.33. The van der Waals surface area contributed by atoms with Gasteiger partial charge in [0.1, 0.15) is 0 Å². The van der Waals surface area contributed by atoms with Gasteiger partial charge >= 0.3 is 5.97 Å². The molecular formula is C10H10ClNO3. The first kappa shape index (κ1) is 13.4. The van der Waals surface area contributed by atoms with Crippen molar-refractivity contribution in [1.82, 2.24) is 0 Å². The van der Waals surface area contributed by atoms with Gasteiger partial charge in [-0.2, -0.15) is 4.99 Å². The molecule has 0 bridgehead atoms. The first-order valence-electron chi connectivity index (χ1n) is 4.13. The summed E-state index contributed by atoms with van der Waals surface area (Å²) in [5.74, 6) is -0.484. The van der Waals surface area contributed by atoms with Gasteiger partial charge in [-0.3, -0.25) is 0 Å². The number of ether oxygens (including phenoxy) is 1. The van der Waals surface area contributed by atoms with Gasteiger partial charge in [0, 0.05) is 0 Å². The number of halogens is 1. The minimum atomic E-state index is -0.484. The molecule has 0 aliphatic rings. The van der Waals surface area contributed by atoms with Crippen molar-refractivity contribution < 1.29 is 14.3 Å². The number of carbonyl (C=O) groups excluding carboxylic acids is 2. The van der Waals surface area contributed by atoms with Gasteiger partial charge < -0.3 is 4.74 Å². The molecule has 0 aliphatic heterocycles. The minimum absolute atomic E-state index is 0. The number of para-hydroxylation sites is 1. The second kappa shape index (κ2) is 6.76. The van der Waals surface area contributed by atoms with Crippen LogP contribution in [-0.2, 0) is 9.53 Å². The van der Waals surface area contributed by atoms with Gasteiger partial charge in [-0.25, -0.2) is 9.59 Å². The van der Waals surface area contributed by atoms with E-state index in [1.165, 1.54) is 6.08 Å². The molecule has 0 aromatic heterocycles. The average molecular weight is 228 g/mol. The molecule has 1 rings (SSSR count). The Kier molecular flexibility index (Phi) is 6.02. The Labute approximate surface area is 93.4 Å². The molecule has 0 N–H and O–H groups in total. The predicted octanol–water partition coefficient (Wildman–Crippen LogP) is 2.25. The highest BCUT2D eigenvalue weighted by molar-refractivity contribution is 5.95. The standard InChI is InChI=1S/C10H9NO3.ClH/c1-2-14-10(13)8-5-3-4-6-9(8)11-7-12;/h3-6H,2H2,1H3;1H. The summed E-state index contributed by atoms with van der Waals surface area (Å²) in [6, 6.07) is 6.46. The van der Waals surface area contributed by atoms with Crippen LogP contribution in [0.2, 0.25) is 0 Å². The molecule has 0 atom stereocenters. The van der Waals surface area contributed by atoms with E-state index in [0.717, 1.165) is 0 Å². The lowest BCUT2D eigenvalue weighted by molar-refractivity contribution is 0.0527. The van der Waals surface area contributed by atoms with Crippen molar-refractivity contribution in [1.29, 1.82) is 0 Å². The zero-order chi connectivity index (χ0) is 10.4. The van der Waals surface area contributed by atoms with E-state index in [0.29, 0.717) is 0 Å². The molecule has 0 unspecified atom stereocenters. The van der Waals surface area contributed by atoms with E-state index in [2.05, 4.69) is 4.99 Å². The first-order valence-corrected chi connectivity index (χ1v) is 4.13. The molecule has 5 heteroatoms. The van der Waals surface area contributed by atoms with Crippen LogP contribution in [0.4, 0.5) is 5.69 Å². The summed E-state index contributed by atoms with van der Waals surface area (Å²) in [6.07, 6.45) is 1.39. The third-order valence-electron chi connectivity index (χ3n) is 1.57. The Morgan fingerprint density at radius 2 is 2.13 bits per heavy atom. The molecule has 0 heterocycles. The van der Waals surface area contributed by atoms with E-state index in [1.54, 1.807) is 31.2 Å². The maximum absolute atomic E-state index is 11.3. The highest BCUT2D eigenvalue weighted by Crippen LogP contribution is 2.18. The van der Waals surface area contributed by atoms with Gasteiger partial charge in [0.15, 0.2) is 0 Å². The fraction of sp³-hybridized carbons (Fsp3) is 0.200. The summed E-state index contributed by atoms with van der Waals surface area (Å²) in [5, 5.41) is 0. The van der Waals surface area contributed by atoms with Crippen LogP contribution in [0.15, 0.2) is 29.3 Å². The number of hydrogen-bond donors (Lipinski definition) is 0. The Hall–Kier alpha value is -1.64. The highest BCUT2D eigenvalue weighted by Gasteiger charge is 2.10. The van der Waals surface area contributed by atoms with E-state index in [4.69, 9.17) is 4.74 Å². The summed E-state index contributed by atoms with van der Waals surface area (Å²) >= 11 is 0. The molecule has 1 aromatic carbocycles. The number of hydrogen-bond acceptors (Lipinski definition) is 4. The third-order valence-corrected chi connectivity index (χ3v) is 1.57. The topological polar surface area (TPSA) is 55.7 Å². The largest absolute Gasteiger partial charge is 0.462 e. The quantitative estimate of drug-likeness (QED) is 0.452. The lowest BCUT2D eigenvalue weighted by atomic mass is 10.2. The van der Waals surface area contributed by atoms with Gasteiger partial charge in [-0.15, -0.1) is 12.4 Å². The van der Waals surface area contributed by atoms with Crippen LogP contribution in [-0.4, -0.2) is 18.7 Å². The maximum atomic E-state index is 11.3. The Balaban J connectivity index is 0.00000196. The van der Waals surface area contributed by atoms with Gasteiger partial charge in [-0.1, -0.05) is 12.1 Å². The molecule has 0 amide bonds. The molecule has 0 fully saturated rings. The first-order chi connectivity index (χ1) is 6.79. The van der Waals surface area contributed by atoms with E-state index >= 15 is 0 Å². The number of esters is 1. The monoisotopic (exact) mass is 227 g/mol. The lowest BCUT2D eigenvalue weighted by Crippen LogP contribution is -2.04. The van der Waals surface area contributed by atoms with Crippen molar-refractivity contribution >= 4 is 30.1 Å². The summed E-state index contributed by atoms with van der Waals surface area (Å²) in [6.45, 7) is 2.00. The van der Waals surface area contributed by atoms with Crippen LogP contribution in [0.25, 0.3) is 0 Å². The van der Waals surface area contributed by atoms with Crippen LogP contribution < -0.4 is 0 Å². The van der Waals surface area contributed by atoms with Crippen molar-refractivity contribution in [2.75, 3.05) is 6.61 Å². The molecule has 80 valence electrons. The van der Waals surface area contributed by atoms with Crippen molar-refractivity contribution in [2.45, 2.75) is 6.92 Å². The van der Waals surface area contributed by atoms with Crippen LogP contribution >= 0.6 is 12.4 Å². The second-order valence-corrected chi connectivity index (χ2v) is 2.44. The maximum Gasteiger partial charge on any atom is 0.340 e.